The van der Waals surface area contributed by atoms with Crippen molar-refractivity contribution >= 4 is 15.9 Å². The maximum Gasteiger partial charge on any atom is 0.128 e. The van der Waals surface area contributed by atoms with Gasteiger partial charge in [0, 0.05) is 29.7 Å². The molecule has 2 rings (SSSR count). The number of unbranched alkanes of at least 4 members (excludes halogenated alkanes) is 1. The summed E-state index contributed by atoms with van der Waals surface area (Å²) in [7, 11) is 0. The molecular formula is C17H26BrFN2O. The van der Waals surface area contributed by atoms with Crippen LogP contribution < -0.4 is 5.32 Å². The fourth-order valence-electron chi connectivity index (χ4n) is 2.94. The van der Waals surface area contributed by atoms with Crippen molar-refractivity contribution in [2.45, 2.75) is 45.4 Å². The lowest BCUT2D eigenvalue weighted by atomic mass is 10.2. The molecule has 0 amide bonds. The van der Waals surface area contributed by atoms with Gasteiger partial charge >= 0.3 is 0 Å². The van der Waals surface area contributed by atoms with Crippen molar-refractivity contribution in [1.82, 2.24) is 10.2 Å². The quantitative estimate of drug-likeness (QED) is 0.740. The smallest absolute Gasteiger partial charge is 0.128 e. The van der Waals surface area contributed by atoms with E-state index >= 15 is 0 Å². The highest BCUT2D eigenvalue weighted by molar-refractivity contribution is 9.10. The van der Waals surface area contributed by atoms with E-state index in [1.54, 1.807) is 0 Å². The maximum absolute atomic E-state index is 13.7. The maximum atomic E-state index is 13.7. The summed E-state index contributed by atoms with van der Waals surface area (Å²) in [4.78, 5) is 2.48. The molecule has 5 heteroatoms. The van der Waals surface area contributed by atoms with Gasteiger partial charge in [-0.3, -0.25) is 4.90 Å². The van der Waals surface area contributed by atoms with E-state index in [2.05, 4.69) is 40.0 Å². The third-order valence-corrected chi connectivity index (χ3v) is 4.40. The summed E-state index contributed by atoms with van der Waals surface area (Å²) in [5.74, 6) is -0.154. The fraction of sp³-hybridized carbons (Fsp3) is 0.647. The van der Waals surface area contributed by atoms with Crippen molar-refractivity contribution < 1.29 is 9.13 Å². The van der Waals surface area contributed by atoms with Gasteiger partial charge in [-0.2, -0.15) is 0 Å². The lowest BCUT2D eigenvalue weighted by molar-refractivity contribution is -0.0681. The highest BCUT2D eigenvalue weighted by Crippen LogP contribution is 2.15. The van der Waals surface area contributed by atoms with E-state index in [0.717, 1.165) is 49.1 Å². The molecule has 2 unspecified atom stereocenters. The van der Waals surface area contributed by atoms with Crippen LogP contribution in [0, 0.1) is 5.82 Å². The molecule has 1 heterocycles. The minimum atomic E-state index is -0.154. The molecule has 1 N–H and O–H groups in total. The third-order valence-electron chi connectivity index (χ3n) is 3.90. The number of hydrogen-bond acceptors (Lipinski definition) is 3. The molecule has 1 fully saturated rings. The van der Waals surface area contributed by atoms with Crippen LogP contribution in [0.4, 0.5) is 4.39 Å². The first-order valence-electron chi connectivity index (χ1n) is 8.07. The molecule has 124 valence electrons. The van der Waals surface area contributed by atoms with E-state index in [4.69, 9.17) is 4.74 Å². The zero-order valence-corrected chi connectivity index (χ0v) is 15.0. The topological polar surface area (TPSA) is 24.5 Å². The molecule has 1 aromatic carbocycles. The van der Waals surface area contributed by atoms with Gasteiger partial charge in [0.1, 0.15) is 5.82 Å². The van der Waals surface area contributed by atoms with Crippen LogP contribution in [-0.2, 0) is 11.3 Å². The van der Waals surface area contributed by atoms with Crippen molar-refractivity contribution in [2.24, 2.45) is 0 Å². The largest absolute Gasteiger partial charge is 0.373 e. The van der Waals surface area contributed by atoms with Gasteiger partial charge in [0.25, 0.3) is 0 Å². The number of nitrogens with zero attached hydrogens (tertiary/aromatic N) is 1. The molecule has 1 aliphatic rings. The normalized spacial score (nSPS) is 22.9. The number of rotatable bonds is 7. The van der Waals surface area contributed by atoms with Crippen LogP contribution in [0.2, 0.25) is 0 Å². The van der Waals surface area contributed by atoms with Gasteiger partial charge < -0.3 is 10.1 Å². The molecular weight excluding hydrogens is 347 g/mol. The summed E-state index contributed by atoms with van der Waals surface area (Å²) >= 11 is 3.27. The van der Waals surface area contributed by atoms with Gasteiger partial charge in [-0.25, -0.2) is 4.39 Å². The zero-order valence-electron chi connectivity index (χ0n) is 13.4. The van der Waals surface area contributed by atoms with Crippen molar-refractivity contribution in [3.8, 4) is 0 Å². The molecule has 2 atom stereocenters. The number of halogens is 2. The fourth-order valence-corrected chi connectivity index (χ4v) is 3.27. The van der Waals surface area contributed by atoms with Crippen LogP contribution in [-0.4, -0.2) is 43.3 Å². The van der Waals surface area contributed by atoms with Crippen molar-refractivity contribution in [3.63, 3.8) is 0 Å². The molecule has 22 heavy (non-hydrogen) atoms. The summed E-state index contributed by atoms with van der Waals surface area (Å²) in [6.07, 6.45) is 2.94. The summed E-state index contributed by atoms with van der Waals surface area (Å²) in [5, 5.41) is 3.32. The molecule has 1 aromatic rings. The zero-order chi connectivity index (χ0) is 15.9. The van der Waals surface area contributed by atoms with Gasteiger partial charge in [0.05, 0.1) is 12.2 Å². The van der Waals surface area contributed by atoms with Crippen molar-refractivity contribution in [2.75, 3.05) is 26.2 Å². The minimum Gasteiger partial charge on any atom is -0.373 e. The van der Waals surface area contributed by atoms with Gasteiger partial charge in [-0.15, -0.1) is 0 Å². The number of morpholine rings is 1. The third kappa shape index (κ3) is 5.95. The van der Waals surface area contributed by atoms with E-state index in [-0.39, 0.29) is 5.82 Å². The first-order chi connectivity index (χ1) is 10.5. The second-order valence-electron chi connectivity index (χ2n) is 6.14. The van der Waals surface area contributed by atoms with E-state index < -0.39 is 0 Å². The Bertz CT molecular complexity index is 462. The Morgan fingerprint density at radius 2 is 2.00 bits per heavy atom. The highest BCUT2D eigenvalue weighted by atomic mass is 79.9. The van der Waals surface area contributed by atoms with Crippen molar-refractivity contribution in [3.05, 3.63) is 34.1 Å². The Hall–Kier alpha value is -0.490. The second-order valence-corrected chi connectivity index (χ2v) is 7.05. The molecule has 0 saturated carbocycles. The van der Waals surface area contributed by atoms with Gasteiger partial charge in [0.15, 0.2) is 0 Å². The molecule has 0 aliphatic carbocycles. The van der Waals surface area contributed by atoms with E-state index in [1.807, 2.05) is 12.1 Å². The van der Waals surface area contributed by atoms with Crippen molar-refractivity contribution in [1.29, 1.82) is 0 Å². The first-order valence-corrected chi connectivity index (χ1v) is 8.86. The van der Waals surface area contributed by atoms with Crippen LogP contribution in [0.5, 0.6) is 0 Å². The number of benzene rings is 1. The second kappa shape index (κ2) is 8.96. The summed E-state index contributed by atoms with van der Waals surface area (Å²) < 4.78 is 20.2. The first kappa shape index (κ1) is 17.9. The molecule has 0 aromatic heterocycles. The number of nitrogens with one attached hydrogen (secondary N) is 1. The van der Waals surface area contributed by atoms with E-state index in [1.165, 1.54) is 6.07 Å². The van der Waals surface area contributed by atoms with Gasteiger partial charge in [-0.1, -0.05) is 22.0 Å². The predicted molar refractivity (Wildman–Crippen MR) is 91.5 cm³/mol. The summed E-state index contributed by atoms with van der Waals surface area (Å²) in [5.41, 5.74) is 0.721. The lowest BCUT2D eigenvalue weighted by Gasteiger charge is -2.35. The number of ether oxygens (including phenoxy) is 1. The van der Waals surface area contributed by atoms with E-state index in [9.17, 15) is 4.39 Å². The van der Waals surface area contributed by atoms with E-state index in [0.29, 0.717) is 18.8 Å². The summed E-state index contributed by atoms with van der Waals surface area (Å²) in [6.45, 7) is 8.96. The highest BCUT2D eigenvalue weighted by Gasteiger charge is 2.21. The van der Waals surface area contributed by atoms with Gasteiger partial charge in [-0.05, 0) is 51.9 Å². The Labute approximate surface area is 141 Å². The molecule has 1 saturated heterocycles. The monoisotopic (exact) mass is 372 g/mol. The Morgan fingerprint density at radius 3 is 2.68 bits per heavy atom. The van der Waals surface area contributed by atoms with Crippen LogP contribution in [0.25, 0.3) is 0 Å². The minimum absolute atomic E-state index is 0.154. The molecule has 1 aliphatic heterocycles. The lowest BCUT2D eigenvalue weighted by Crippen LogP contribution is -2.45. The molecule has 0 radical (unpaired) electrons. The van der Waals surface area contributed by atoms with Crippen LogP contribution in [0.15, 0.2) is 22.7 Å². The standard InChI is InChI=1S/C17H26BrFN2O/c1-13-11-21(12-14(2)22-13)8-4-3-7-20-10-15-5-6-16(18)9-17(15)19/h5-6,9,13-14,20H,3-4,7-8,10-12H2,1-2H3. The average molecular weight is 373 g/mol. The van der Waals surface area contributed by atoms with Crippen LogP contribution in [0.1, 0.15) is 32.3 Å². The number of hydrogen-bond donors (Lipinski definition) is 1. The van der Waals surface area contributed by atoms with Gasteiger partial charge in [0.2, 0.25) is 0 Å². The average Bonchev–Trinajstić information content (AvgIpc) is 2.43. The Morgan fingerprint density at radius 1 is 1.27 bits per heavy atom. The predicted octanol–water partition coefficient (Wildman–Crippen LogP) is 3.57. The Balaban J connectivity index is 1.57. The van der Waals surface area contributed by atoms with Crippen LogP contribution >= 0.6 is 15.9 Å². The van der Waals surface area contributed by atoms with Crippen LogP contribution in [0.3, 0.4) is 0 Å². The Kier molecular flexibility index (Phi) is 7.28. The molecule has 0 bridgehead atoms. The summed E-state index contributed by atoms with van der Waals surface area (Å²) in [6, 6.07) is 5.21. The molecule has 0 spiro atoms. The molecule has 3 nitrogen and oxygen atoms in total. The SMILES string of the molecule is CC1CN(CCCCNCc2ccc(Br)cc2F)CC(C)O1.